The van der Waals surface area contributed by atoms with Crippen LogP contribution in [-0.4, -0.2) is 18.4 Å². The molecular weight excluding hydrogens is 272 g/mol. The summed E-state index contributed by atoms with van der Waals surface area (Å²) in [6.45, 7) is 3.91. The molecule has 0 saturated carbocycles. The summed E-state index contributed by atoms with van der Waals surface area (Å²) in [6, 6.07) is 9.26. The Bertz CT molecular complexity index is 621. The molecule has 0 saturated heterocycles. The molecule has 0 atom stereocenters. The van der Waals surface area contributed by atoms with Crippen LogP contribution in [0.4, 0.5) is 5.69 Å². The van der Waals surface area contributed by atoms with Crippen molar-refractivity contribution in [3.63, 3.8) is 0 Å². The van der Waals surface area contributed by atoms with Gasteiger partial charge in [-0.15, -0.1) is 11.3 Å². The fourth-order valence-electron chi connectivity index (χ4n) is 1.74. The molecule has 104 valence electrons. The second-order valence-corrected chi connectivity index (χ2v) is 5.40. The molecule has 1 heterocycles. The number of amides is 2. The van der Waals surface area contributed by atoms with Crippen molar-refractivity contribution in [1.29, 1.82) is 0 Å². The summed E-state index contributed by atoms with van der Waals surface area (Å²) in [5, 5.41) is 7.22. The van der Waals surface area contributed by atoms with Gasteiger partial charge in [0.05, 0.1) is 11.4 Å². The van der Waals surface area contributed by atoms with Gasteiger partial charge < -0.3 is 10.6 Å². The van der Waals surface area contributed by atoms with E-state index in [1.165, 1.54) is 11.3 Å². The molecule has 0 aliphatic rings. The van der Waals surface area contributed by atoms with Crippen LogP contribution in [0.25, 0.3) is 0 Å². The Hall–Kier alpha value is -2.14. The molecule has 0 spiro atoms. The summed E-state index contributed by atoms with van der Waals surface area (Å²) in [4.78, 5) is 24.1. The predicted molar refractivity (Wildman–Crippen MR) is 81.2 cm³/mol. The molecule has 5 heteroatoms. The third kappa shape index (κ3) is 3.45. The molecule has 2 amide bonds. The number of thiophene rings is 1. The Morgan fingerprint density at radius 2 is 1.95 bits per heavy atom. The first-order chi connectivity index (χ1) is 9.58. The van der Waals surface area contributed by atoms with E-state index < -0.39 is 0 Å². The summed E-state index contributed by atoms with van der Waals surface area (Å²) < 4.78 is 0. The van der Waals surface area contributed by atoms with Crippen LogP contribution in [0.15, 0.2) is 35.7 Å². The highest BCUT2D eigenvalue weighted by atomic mass is 32.1. The Balaban J connectivity index is 1.90. The number of hydrogen-bond acceptors (Lipinski definition) is 3. The number of benzene rings is 1. The van der Waals surface area contributed by atoms with Crippen molar-refractivity contribution in [2.24, 2.45) is 0 Å². The van der Waals surface area contributed by atoms with E-state index in [4.69, 9.17) is 0 Å². The summed E-state index contributed by atoms with van der Waals surface area (Å²) >= 11 is 1.35. The van der Waals surface area contributed by atoms with Crippen LogP contribution < -0.4 is 10.6 Å². The minimum Gasteiger partial charge on any atom is -0.342 e. The van der Waals surface area contributed by atoms with Crippen molar-refractivity contribution in [3.8, 4) is 0 Å². The molecule has 0 aliphatic carbocycles. The Morgan fingerprint density at radius 3 is 2.65 bits per heavy atom. The number of carbonyl (C=O) groups is 2. The van der Waals surface area contributed by atoms with Gasteiger partial charge in [0.2, 0.25) is 5.91 Å². The molecule has 2 N–H and O–H groups in total. The summed E-state index contributed by atoms with van der Waals surface area (Å²) in [6.07, 6.45) is 0. The van der Waals surface area contributed by atoms with Crippen LogP contribution in [0.3, 0.4) is 0 Å². The SMILES string of the molecule is Cc1cccc(NC(=O)CNC(=O)c2cccs2)c1C. The van der Waals surface area contributed by atoms with E-state index in [1.807, 2.05) is 37.4 Å². The Labute approximate surface area is 121 Å². The standard InChI is InChI=1S/C15H16N2O2S/c1-10-5-3-6-12(11(10)2)17-14(18)9-16-15(19)13-7-4-8-20-13/h3-8H,9H2,1-2H3,(H,16,19)(H,17,18). The Kier molecular flexibility index (Phi) is 4.53. The Morgan fingerprint density at radius 1 is 1.15 bits per heavy atom. The second kappa shape index (κ2) is 6.34. The molecule has 0 bridgehead atoms. The average Bonchev–Trinajstić information content (AvgIpc) is 2.95. The zero-order chi connectivity index (χ0) is 14.5. The van der Waals surface area contributed by atoms with Crippen molar-refractivity contribution < 1.29 is 9.59 Å². The highest BCUT2D eigenvalue weighted by molar-refractivity contribution is 7.12. The van der Waals surface area contributed by atoms with Crippen molar-refractivity contribution in [2.45, 2.75) is 13.8 Å². The second-order valence-electron chi connectivity index (χ2n) is 4.46. The number of rotatable bonds is 4. The van der Waals surface area contributed by atoms with Gasteiger partial charge in [-0.3, -0.25) is 9.59 Å². The van der Waals surface area contributed by atoms with Gasteiger partial charge in [-0.1, -0.05) is 18.2 Å². The van der Waals surface area contributed by atoms with E-state index in [9.17, 15) is 9.59 Å². The monoisotopic (exact) mass is 288 g/mol. The summed E-state index contributed by atoms with van der Waals surface area (Å²) in [5.41, 5.74) is 2.93. The molecule has 20 heavy (non-hydrogen) atoms. The van der Waals surface area contributed by atoms with Gasteiger partial charge in [-0.2, -0.15) is 0 Å². The lowest BCUT2D eigenvalue weighted by molar-refractivity contribution is -0.115. The van der Waals surface area contributed by atoms with Crippen molar-refractivity contribution >= 4 is 28.8 Å². The third-order valence-corrected chi connectivity index (χ3v) is 3.90. The van der Waals surface area contributed by atoms with Gasteiger partial charge in [-0.25, -0.2) is 0 Å². The molecular formula is C15H16N2O2S. The number of aryl methyl sites for hydroxylation is 1. The lowest BCUT2D eigenvalue weighted by Gasteiger charge is -2.10. The molecule has 0 radical (unpaired) electrons. The molecule has 1 aromatic carbocycles. The van der Waals surface area contributed by atoms with Gasteiger partial charge >= 0.3 is 0 Å². The lowest BCUT2D eigenvalue weighted by atomic mass is 10.1. The van der Waals surface area contributed by atoms with Gasteiger partial charge in [0.25, 0.3) is 5.91 Å². The number of hydrogen-bond donors (Lipinski definition) is 2. The normalized spacial score (nSPS) is 10.1. The summed E-state index contributed by atoms with van der Waals surface area (Å²) in [7, 11) is 0. The first kappa shape index (κ1) is 14.3. The average molecular weight is 288 g/mol. The van der Waals surface area contributed by atoms with E-state index in [0.29, 0.717) is 4.88 Å². The van der Waals surface area contributed by atoms with Crippen LogP contribution in [-0.2, 0) is 4.79 Å². The van der Waals surface area contributed by atoms with Crippen molar-refractivity contribution in [1.82, 2.24) is 5.32 Å². The van der Waals surface area contributed by atoms with E-state index in [0.717, 1.165) is 16.8 Å². The molecule has 4 nitrogen and oxygen atoms in total. The summed E-state index contributed by atoms with van der Waals surface area (Å²) in [5.74, 6) is -0.459. The van der Waals surface area contributed by atoms with Crippen LogP contribution in [0.5, 0.6) is 0 Å². The maximum absolute atomic E-state index is 11.8. The van der Waals surface area contributed by atoms with E-state index >= 15 is 0 Å². The van der Waals surface area contributed by atoms with Crippen LogP contribution in [0, 0.1) is 13.8 Å². The zero-order valence-electron chi connectivity index (χ0n) is 11.4. The smallest absolute Gasteiger partial charge is 0.261 e. The highest BCUT2D eigenvalue weighted by Crippen LogP contribution is 2.17. The zero-order valence-corrected chi connectivity index (χ0v) is 12.2. The molecule has 0 aliphatic heterocycles. The number of anilines is 1. The predicted octanol–water partition coefficient (Wildman–Crippen LogP) is 2.73. The van der Waals surface area contributed by atoms with Crippen LogP contribution in [0.2, 0.25) is 0 Å². The minimum absolute atomic E-state index is 0.0376. The molecule has 2 rings (SSSR count). The van der Waals surface area contributed by atoms with Crippen LogP contribution >= 0.6 is 11.3 Å². The lowest BCUT2D eigenvalue weighted by Crippen LogP contribution is -2.32. The third-order valence-electron chi connectivity index (χ3n) is 3.03. The quantitative estimate of drug-likeness (QED) is 0.909. The minimum atomic E-state index is -0.233. The maximum atomic E-state index is 11.8. The number of carbonyl (C=O) groups excluding carboxylic acids is 2. The van der Waals surface area contributed by atoms with E-state index in [1.54, 1.807) is 12.1 Å². The first-order valence-corrected chi connectivity index (χ1v) is 7.13. The molecule has 2 aromatic rings. The fourth-order valence-corrected chi connectivity index (χ4v) is 2.38. The topological polar surface area (TPSA) is 58.2 Å². The van der Waals surface area contributed by atoms with Crippen molar-refractivity contribution in [2.75, 3.05) is 11.9 Å². The van der Waals surface area contributed by atoms with Gasteiger partial charge in [0, 0.05) is 5.69 Å². The first-order valence-electron chi connectivity index (χ1n) is 6.25. The molecule has 0 fully saturated rings. The van der Waals surface area contributed by atoms with Gasteiger partial charge in [0.1, 0.15) is 0 Å². The highest BCUT2D eigenvalue weighted by Gasteiger charge is 2.10. The number of nitrogens with one attached hydrogen (secondary N) is 2. The van der Waals surface area contributed by atoms with E-state index in [-0.39, 0.29) is 18.4 Å². The largest absolute Gasteiger partial charge is 0.342 e. The van der Waals surface area contributed by atoms with Crippen molar-refractivity contribution in [3.05, 3.63) is 51.7 Å². The fraction of sp³-hybridized carbons (Fsp3) is 0.200. The maximum Gasteiger partial charge on any atom is 0.261 e. The van der Waals surface area contributed by atoms with E-state index in [2.05, 4.69) is 10.6 Å². The molecule has 0 unspecified atom stereocenters. The van der Waals surface area contributed by atoms with Crippen LogP contribution in [0.1, 0.15) is 20.8 Å². The molecule has 1 aromatic heterocycles. The van der Waals surface area contributed by atoms with Gasteiger partial charge in [0.15, 0.2) is 0 Å². The van der Waals surface area contributed by atoms with Gasteiger partial charge in [-0.05, 0) is 42.5 Å².